The van der Waals surface area contributed by atoms with Crippen molar-refractivity contribution in [2.24, 2.45) is 0 Å². The minimum absolute atomic E-state index is 0.811. The van der Waals surface area contributed by atoms with Crippen molar-refractivity contribution in [2.45, 2.75) is 11.5 Å². The molecule has 0 amide bonds. The van der Waals surface area contributed by atoms with Gasteiger partial charge in [-0.05, 0) is 22.6 Å². The van der Waals surface area contributed by atoms with Crippen LogP contribution in [0.4, 0.5) is 0 Å². The largest absolute Gasteiger partial charge is 0.350 e. The van der Waals surface area contributed by atoms with Crippen LogP contribution in [0.5, 0.6) is 0 Å². The van der Waals surface area contributed by atoms with Crippen molar-refractivity contribution in [3.05, 3.63) is 59.8 Å². The monoisotopic (exact) mass is 255 g/mol. The van der Waals surface area contributed by atoms with E-state index >= 15 is 0 Å². The first-order chi connectivity index (χ1) is 8.86. The third kappa shape index (κ3) is 2.14. The Morgan fingerprint density at radius 3 is 2.78 bits per heavy atom. The molecule has 0 aliphatic heterocycles. The number of benzene rings is 2. The fourth-order valence-corrected chi connectivity index (χ4v) is 2.48. The van der Waals surface area contributed by atoms with Crippen molar-refractivity contribution >= 4 is 22.5 Å². The second-order valence-electron chi connectivity index (χ2n) is 4.16. The molecule has 3 heteroatoms. The molecular formula is C15H13NOS. The Bertz CT molecular complexity index is 670. The zero-order valence-electron chi connectivity index (χ0n) is 10.1. The van der Waals surface area contributed by atoms with E-state index in [0.717, 1.165) is 17.2 Å². The highest BCUT2D eigenvalue weighted by Gasteiger charge is 2.06. The van der Waals surface area contributed by atoms with Crippen LogP contribution in [0.2, 0.25) is 0 Å². The zero-order valence-corrected chi connectivity index (χ0v) is 10.9. The molecule has 0 N–H and O–H groups in total. The fraction of sp³-hybridized carbons (Fsp3) is 0.133. The van der Waals surface area contributed by atoms with Crippen LogP contribution in [0.15, 0.2) is 58.1 Å². The number of fused-ring (bicyclic) bond motifs is 1. The first-order valence-electron chi connectivity index (χ1n) is 5.83. The summed E-state index contributed by atoms with van der Waals surface area (Å²) in [5.41, 5.74) is 2.27. The summed E-state index contributed by atoms with van der Waals surface area (Å²) >= 11 is 1.57. The number of nitrogens with zero attached hydrogens (tertiary/aromatic N) is 1. The van der Waals surface area contributed by atoms with Crippen LogP contribution in [-0.2, 0) is 6.42 Å². The van der Waals surface area contributed by atoms with E-state index in [9.17, 15) is 0 Å². The van der Waals surface area contributed by atoms with Gasteiger partial charge in [-0.2, -0.15) is 0 Å². The standard InChI is InChI=1S/C15H13NOS/c1-18-15-10-13(16-17-15)9-12-7-4-6-11-5-2-3-8-14(11)12/h2-8,10H,9H2,1H3. The van der Waals surface area contributed by atoms with Gasteiger partial charge in [0.25, 0.3) is 0 Å². The Hall–Kier alpha value is -1.74. The third-order valence-electron chi connectivity index (χ3n) is 2.99. The van der Waals surface area contributed by atoms with Crippen LogP contribution < -0.4 is 0 Å². The summed E-state index contributed by atoms with van der Waals surface area (Å²) in [7, 11) is 0. The van der Waals surface area contributed by atoms with Crippen LogP contribution in [0.1, 0.15) is 11.3 Å². The lowest BCUT2D eigenvalue weighted by Gasteiger charge is -2.03. The molecule has 3 aromatic rings. The molecule has 1 aromatic heterocycles. The highest BCUT2D eigenvalue weighted by Crippen LogP contribution is 2.22. The van der Waals surface area contributed by atoms with Gasteiger partial charge in [-0.15, -0.1) is 0 Å². The first-order valence-corrected chi connectivity index (χ1v) is 7.05. The quantitative estimate of drug-likeness (QED) is 0.658. The summed E-state index contributed by atoms with van der Waals surface area (Å²) in [6, 6.07) is 16.8. The molecule has 3 rings (SSSR count). The Morgan fingerprint density at radius 1 is 1.11 bits per heavy atom. The van der Waals surface area contributed by atoms with E-state index in [2.05, 4.69) is 47.6 Å². The van der Waals surface area contributed by atoms with Gasteiger partial charge in [-0.3, -0.25) is 0 Å². The van der Waals surface area contributed by atoms with E-state index in [0.29, 0.717) is 0 Å². The highest BCUT2D eigenvalue weighted by molar-refractivity contribution is 7.98. The summed E-state index contributed by atoms with van der Waals surface area (Å²) in [5.74, 6) is 0. The van der Waals surface area contributed by atoms with E-state index in [1.165, 1.54) is 16.3 Å². The molecule has 0 fully saturated rings. The van der Waals surface area contributed by atoms with Gasteiger partial charge in [0.15, 0.2) is 5.09 Å². The lowest BCUT2D eigenvalue weighted by atomic mass is 10.0. The van der Waals surface area contributed by atoms with Crippen molar-refractivity contribution in [3.8, 4) is 0 Å². The van der Waals surface area contributed by atoms with Gasteiger partial charge in [-0.1, -0.05) is 59.4 Å². The maximum Gasteiger partial charge on any atom is 0.193 e. The summed E-state index contributed by atoms with van der Waals surface area (Å²) in [6.07, 6.45) is 2.80. The normalized spacial score (nSPS) is 10.9. The van der Waals surface area contributed by atoms with E-state index in [-0.39, 0.29) is 0 Å². The molecule has 0 atom stereocenters. The van der Waals surface area contributed by atoms with Crippen LogP contribution in [0.25, 0.3) is 10.8 Å². The van der Waals surface area contributed by atoms with Crippen LogP contribution in [0, 0.1) is 0 Å². The minimum atomic E-state index is 0.811. The Balaban J connectivity index is 1.99. The maximum atomic E-state index is 5.21. The first kappa shape index (κ1) is 11.4. The SMILES string of the molecule is CSc1cc(Cc2cccc3ccccc23)no1. The molecule has 0 saturated heterocycles. The van der Waals surface area contributed by atoms with Crippen LogP contribution in [-0.4, -0.2) is 11.4 Å². The average molecular weight is 255 g/mol. The van der Waals surface area contributed by atoms with Gasteiger partial charge in [-0.25, -0.2) is 0 Å². The molecule has 0 unspecified atom stereocenters. The van der Waals surface area contributed by atoms with E-state index < -0.39 is 0 Å². The topological polar surface area (TPSA) is 26.0 Å². The van der Waals surface area contributed by atoms with Crippen molar-refractivity contribution in [1.82, 2.24) is 5.16 Å². The molecule has 90 valence electrons. The second kappa shape index (κ2) is 4.86. The zero-order chi connectivity index (χ0) is 12.4. The van der Waals surface area contributed by atoms with Gasteiger partial charge in [0.1, 0.15) is 0 Å². The lowest BCUT2D eigenvalue weighted by molar-refractivity contribution is 0.346. The summed E-state index contributed by atoms with van der Waals surface area (Å²) in [4.78, 5) is 0. The fourth-order valence-electron chi connectivity index (χ4n) is 2.11. The summed E-state index contributed by atoms with van der Waals surface area (Å²) in [6.45, 7) is 0. The van der Waals surface area contributed by atoms with E-state index in [4.69, 9.17) is 4.52 Å². The Kier molecular flexibility index (Phi) is 3.07. The summed E-state index contributed by atoms with van der Waals surface area (Å²) in [5, 5.41) is 7.51. The molecule has 1 heterocycles. The molecule has 0 saturated carbocycles. The Morgan fingerprint density at radius 2 is 1.94 bits per heavy atom. The van der Waals surface area contributed by atoms with E-state index in [1.54, 1.807) is 11.8 Å². The van der Waals surface area contributed by atoms with Crippen molar-refractivity contribution in [2.75, 3.05) is 6.26 Å². The third-order valence-corrected chi connectivity index (χ3v) is 3.58. The van der Waals surface area contributed by atoms with Gasteiger partial charge in [0, 0.05) is 12.5 Å². The van der Waals surface area contributed by atoms with Crippen LogP contribution in [0.3, 0.4) is 0 Å². The average Bonchev–Trinajstić information content (AvgIpc) is 2.87. The molecule has 2 nitrogen and oxygen atoms in total. The van der Waals surface area contributed by atoms with Gasteiger partial charge in [0.2, 0.25) is 0 Å². The van der Waals surface area contributed by atoms with Crippen molar-refractivity contribution in [1.29, 1.82) is 0 Å². The second-order valence-corrected chi connectivity index (χ2v) is 4.97. The predicted molar refractivity (Wildman–Crippen MR) is 75.0 cm³/mol. The summed E-state index contributed by atoms with van der Waals surface area (Å²) < 4.78 is 5.21. The van der Waals surface area contributed by atoms with E-state index in [1.807, 2.05) is 12.3 Å². The molecule has 0 bridgehead atoms. The van der Waals surface area contributed by atoms with Crippen molar-refractivity contribution < 1.29 is 4.52 Å². The lowest BCUT2D eigenvalue weighted by Crippen LogP contribution is -1.89. The molecule has 18 heavy (non-hydrogen) atoms. The van der Waals surface area contributed by atoms with Crippen molar-refractivity contribution in [3.63, 3.8) is 0 Å². The van der Waals surface area contributed by atoms with Gasteiger partial charge >= 0.3 is 0 Å². The highest BCUT2D eigenvalue weighted by atomic mass is 32.2. The molecule has 0 radical (unpaired) electrons. The predicted octanol–water partition coefficient (Wildman–Crippen LogP) is 4.14. The molecular weight excluding hydrogens is 242 g/mol. The molecule has 2 aromatic carbocycles. The van der Waals surface area contributed by atoms with Crippen LogP contribution >= 0.6 is 11.8 Å². The number of hydrogen-bond acceptors (Lipinski definition) is 3. The smallest absolute Gasteiger partial charge is 0.193 e. The molecule has 0 spiro atoms. The molecule has 0 aliphatic rings. The number of rotatable bonds is 3. The maximum absolute atomic E-state index is 5.21. The minimum Gasteiger partial charge on any atom is -0.350 e. The number of hydrogen-bond donors (Lipinski definition) is 0. The van der Waals surface area contributed by atoms with Gasteiger partial charge in [0.05, 0.1) is 5.69 Å². The van der Waals surface area contributed by atoms with Gasteiger partial charge < -0.3 is 4.52 Å². The number of thioether (sulfide) groups is 1. The number of aromatic nitrogens is 1. The Labute approximate surface area is 110 Å². The molecule has 0 aliphatic carbocycles.